The van der Waals surface area contributed by atoms with E-state index in [-0.39, 0.29) is 25.4 Å². The Morgan fingerprint density at radius 2 is 1.93 bits per heavy atom. The number of nitrogen functional groups attached to an aromatic ring is 1. The smallest absolute Gasteiger partial charge is 0.351 e. The van der Waals surface area contributed by atoms with Crippen LogP contribution in [0.25, 0.3) is 10.8 Å². The topological polar surface area (TPSA) is 147 Å². The molecule has 40 heavy (non-hydrogen) atoms. The average Bonchev–Trinajstić information content (AvgIpc) is 3.31. The van der Waals surface area contributed by atoms with Gasteiger partial charge in [0, 0.05) is 25.1 Å². The van der Waals surface area contributed by atoms with E-state index in [4.69, 9.17) is 24.3 Å². The second-order valence-corrected chi connectivity index (χ2v) is 9.80. The largest absolute Gasteiger partial charge is 0.435 e. The molecule has 4 atom stereocenters. The summed E-state index contributed by atoms with van der Waals surface area (Å²) in [7, 11) is 0.0333. The summed E-state index contributed by atoms with van der Waals surface area (Å²) >= 11 is 0. The van der Waals surface area contributed by atoms with Gasteiger partial charge >= 0.3 is 14.2 Å². The van der Waals surface area contributed by atoms with Crippen LogP contribution >= 0.6 is 8.53 Å². The summed E-state index contributed by atoms with van der Waals surface area (Å²) in [5.41, 5.74) is 4.91. The van der Waals surface area contributed by atoms with E-state index >= 15 is 0 Å². The fourth-order valence-electron chi connectivity index (χ4n) is 3.44. The van der Waals surface area contributed by atoms with Crippen LogP contribution in [0.3, 0.4) is 0 Å². The number of rotatable bonds is 10. The van der Waals surface area contributed by atoms with Gasteiger partial charge in [-0.2, -0.15) is 4.98 Å². The lowest BCUT2D eigenvalue weighted by Crippen LogP contribution is -2.31. The van der Waals surface area contributed by atoms with Crippen molar-refractivity contribution in [1.82, 2.24) is 14.6 Å². The molecule has 1 fully saturated rings. The fourth-order valence-corrected chi connectivity index (χ4v) is 4.51. The third-order valence-corrected chi connectivity index (χ3v) is 6.56. The van der Waals surface area contributed by atoms with Gasteiger partial charge in [0.05, 0.1) is 25.4 Å². The summed E-state index contributed by atoms with van der Waals surface area (Å²) < 4.78 is 42.9. The lowest BCUT2D eigenvalue weighted by atomic mass is 10.1. The Bertz CT molecular complexity index is 1230. The highest BCUT2D eigenvalue weighted by atomic mass is 31.2. The maximum atomic E-state index is 12.1. The molecular weight excluding hydrogens is 549 g/mol. The Labute approximate surface area is 232 Å². The molecular formula is C26H35F2N4O7P. The fraction of sp³-hybridized carbons (Fsp3) is 0.423. The minimum Gasteiger partial charge on any atom is -0.435 e. The highest BCUT2D eigenvalue weighted by molar-refractivity contribution is 7.45. The third-order valence-electron chi connectivity index (χ3n) is 5.37. The van der Waals surface area contributed by atoms with Crippen molar-refractivity contribution in [3.05, 3.63) is 65.2 Å². The number of ether oxygens (including phenoxy) is 2. The Morgan fingerprint density at radius 1 is 1.25 bits per heavy atom. The number of halogens is 2. The van der Waals surface area contributed by atoms with Crippen molar-refractivity contribution in [2.24, 2.45) is 0 Å². The van der Waals surface area contributed by atoms with Crippen molar-refractivity contribution in [2.45, 2.75) is 44.8 Å². The van der Waals surface area contributed by atoms with E-state index < -0.39 is 39.6 Å². The first-order valence-electron chi connectivity index (χ1n) is 12.3. The Hall–Kier alpha value is -3.06. The van der Waals surface area contributed by atoms with Crippen molar-refractivity contribution in [1.29, 1.82) is 0 Å². The molecule has 0 bridgehead atoms. The molecule has 220 valence electrons. The van der Waals surface area contributed by atoms with Gasteiger partial charge in [-0.25, -0.2) is 18.7 Å². The van der Waals surface area contributed by atoms with Gasteiger partial charge < -0.3 is 34.2 Å². The van der Waals surface area contributed by atoms with Crippen LogP contribution in [0.15, 0.2) is 59.5 Å². The Morgan fingerprint density at radius 3 is 2.58 bits per heavy atom. The molecule has 14 heteroatoms. The number of aromatic nitrogens is 2. The third kappa shape index (κ3) is 10.5. The van der Waals surface area contributed by atoms with E-state index in [0.717, 1.165) is 17.1 Å². The molecule has 4 N–H and O–H groups in total. The van der Waals surface area contributed by atoms with E-state index in [1.54, 1.807) is 7.11 Å². The van der Waals surface area contributed by atoms with Crippen LogP contribution in [0.5, 0.6) is 5.75 Å². The Kier molecular flexibility index (Phi) is 14.6. The molecule has 2 heterocycles. The number of nitrogens with two attached hydrogens (primary N) is 1. The van der Waals surface area contributed by atoms with Crippen molar-refractivity contribution in [2.75, 3.05) is 32.9 Å². The first kappa shape index (κ1) is 33.1. The monoisotopic (exact) mass is 584 g/mol. The van der Waals surface area contributed by atoms with Crippen LogP contribution in [-0.2, 0) is 18.8 Å². The summed E-state index contributed by atoms with van der Waals surface area (Å²) in [5.74, 6) is 0.716. The molecule has 0 spiro atoms. The molecule has 1 aliphatic heterocycles. The number of hydrogen-bond acceptors (Lipinski definition) is 10. The predicted octanol–water partition coefficient (Wildman–Crippen LogP) is 3.66. The quantitative estimate of drug-likeness (QED) is 0.238. The molecule has 2 aromatic carbocycles. The number of aliphatic hydroxyl groups is 1. The van der Waals surface area contributed by atoms with Crippen molar-refractivity contribution in [3.8, 4) is 5.75 Å². The van der Waals surface area contributed by atoms with E-state index in [2.05, 4.69) is 10.1 Å². The number of aldehydes is 1. The van der Waals surface area contributed by atoms with Crippen LogP contribution in [0.4, 0.5) is 14.6 Å². The van der Waals surface area contributed by atoms with Crippen molar-refractivity contribution < 1.29 is 37.2 Å². The molecule has 3 aromatic rings. The van der Waals surface area contributed by atoms with E-state index in [9.17, 15) is 23.5 Å². The maximum absolute atomic E-state index is 12.1. The highest BCUT2D eigenvalue weighted by Gasteiger charge is 2.36. The van der Waals surface area contributed by atoms with Crippen LogP contribution in [-0.4, -0.2) is 66.4 Å². The highest BCUT2D eigenvalue weighted by Crippen LogP contribution is 2.40. The number of anilines is 1. The first-order valence-corrected chi connectivity index (χ1v) is 13.5. The number of alkyl halides is 2. The number of fused-ring (bicyclic) bond motifs is 1. The van der Waals surface area contributed by atoms with E-state index in [0.29, 0.717) is 11.9 Å². The maximum Gasteiger partial charge on any atom is 0.351 e. The Balaban J connectivity index is 0.000000621. The molecule has 4 rings (SSSR count). The van der Waals surface area contributed by atoms with Gasteiger partial charge in [-0.15, -0.1) is 0 Å². The van der Waals surface area contributed by atoms with Gasteiger partial charge in [0.1, 0.15) is 24.0 Å². The zero-order chi connectivity index (χ0) is 29.5. The lowest BCUT2D eigenvalue weighted by Gasteiger charge is -2.21. The zero-order valence-electron chi connectivity index (χ0n) is 22.5. The van der Waals surface area contributed by atoms with Gasteiger partial charge in [-0.1, -0.05) is 36.4 Å². The molecule has 0 aliphatic carbocycles. The van der Waals surface area contributed by atoms with E-state index in [1.165, 1.54) is 16.8 Å². The second kappa shape index (κ2) is 17.6. The lowest BCUT2D eigenvalue weighted by molar-refractivity contribution is -0.106. The van der Waals surface area contributed by atoms with Crippen LogP contribution in [0, 0.1) is 0 Å². The number of methoxy groups -OCH3 is 1. The number of nitrogens with one attached hydrogen (secondary N) is 1. The number of carbonyl (C=O) groups excluding carboxylic acids is 1. The van der Waals surface area contributed by atoms with Gasteiger partial charge in [0.25, 0.3) is 0 Å². The van der Waals surface area contributed by atoms with E-state index in [1.807, 2.05) is 56.3 Å². The summed E-state index contributed by atoms with van der Waals surface area (Å²) in [6.45, 7) is 2.40. The average molecular weight is 585 g/mol. The number of carbonyl (C=O) groups is 1. The molecule has 0 radical (unpaired) electrons. The summed E-state index contributed by atoms with van der Waals surface area (Å²) in [5, 5.41) is 15.2. The number of hydrogen-bond donors (Lipinski definition) is 3. The van der Waals surface area contributed by atoms with Crippen molar-refractivity contribution in [3.63, 3.8) is 0 Å². The molecule has 0 saturated carbocycles. The predicted molar refractivity (Wildman–Crippen MR) is 148 cm³/mol. The SMILES string of the molecule is COC(C)C.FCF.Nc1ccn(C2OC(COP(NCC=O)Oc3cccc4ccccc34)CC2O)c(=O)n1. The molecule has 4 unspecified atom stereocenters. The van der Waals surface area contributed by atoms with Gasteiger partial charge in [-0.05, 0) is 31.4 Å². The van der Waals surface area contributed by atoms with Crippen LogP contribution in [0.2, 0.25) is 0 Å². The summed E-state index contributed by atoms with van der Waals surface area (Å²) in [6.07, 6.45) is 0.500. The summed E-state index contributed by atoms with van der Waals surface area (Å²) in [6, 6.07) is 14.9. The molecule has 0 amide bonds. The molecule has 1 aliphatic rings. The first-order chi connectivity index (χ1) is 19.2. The minimum atomic E-state index is -1.75. The van der Waals surface area contributed by atoms with Gasteiger partial charge in [0.2, 0.25) is 6.93 Å². The van der Waals surface area contributed by atoms with Crippen LogP contribution in [0.1, 0.15) is 26.5 Å². The minimum absolute atomic E-state index is 0.0553. The number of aliphatic hydroxyl groups excluding tert-OH is 1. The number of nitrogens with zero attached hydrogens (tertiary/aromatic N) is 2. The van der Waals surface area contributed by atoms with Gasteiger partial charge in [-0.3, -0.25) is 4.57 Å². The van der Waals surface area contributed by atoms with Crippen LogP contribution < -0.4 is 21.0 Å². The standard InChI is InChI=1S/C21H23N4O6P.C4H10O.CH2F2/c22-19-8-10-25(21(28)24-19)20-17(27)12-15(30-20)13-29-32(23-9-11-26)31-18-7-3-5-14-4-1-2-6-16(14)18;1-4(2)5-3;2-1-3/h1-8,10-11,15,17,20,23,27H,9,12-13H2,(H2,22,24,28);4H,1-3H3;1H2. The zero-order valence-corrected chi connectivity index (χ0v) is 23.4. The molecule has 1 aromatic heterocycles. The normalized spacial score (nSPS) is 18.8. The second-order valence-electron chi connectivity index (χ2n) is 8.53. The number of benzene rings is 2. The molecule has 11 nitrogen and oxygen atoms in total. The van der Waals surface area contributed by atoms with Crippen molar-refractivity contribution >= 4 is 31.4 Å². The summed E-state index contributed by atoms with van der Waals surface area (Å²) in [4.78, 5) is 26.6. The molecule has 1 saturated heterocycles. The van der Waals surface area contributed by atoms with Gasteiger partial charge in [0.15, 0.2) is 6.23 Å².